The summed E-state index contributed by atoms with van der Waals surface area (Å²) in [5.74, 6) is 0. The molecule has 1 saturated heterocycles. The molecule has 1 aliphatic rings. The number of thiocarbonyl (C=S) groups is 1. The third-order valence-electron chi connectivity index (χ3n) is 2.48. The second-order valence-corrected chi connectivity index (χ2v) is 4.33. The predicted octanol–water partition coefficient (Wildman–Crippen LogP) is 0.255. The summed E-state index contributed by atoms with van der Waals surface area (Å²) in [7, 11) is 0. The highest BCUT2D eigenvalue weighted by molar-refractivity contribution is 7.80. The Balaban J connectivity index is 1.84. The Morgan fingerprint density at radius 3 is 2.81 bits per heavy atom. The summed E-state index contributed by atoms with van der Waals surface area (Å²) < 4.78 is 0. The van der Waals surface area contributed by atoms with Crippen LogP contribution in [0.1, 0.15) is 12.0 Å². The van der Waals surface area contributed by atoms with Crippen molar-refractivity contribution in [3.05, 3.63) is 35.9 Å². The zero-order chi connectivity index (χ0) is 11.4. The molecule has 0 radical (unpaired) electrons. The molecule has 2 rings (SSSR count). The van der Waals surface area contributed by atoms with Gasteiger partial charge < -0.3 is 5.32 Å². The number of benzene rings is 1. The molecule has 5 heteroatoms. The molecule has 0 aromatic heterocycles. The van der Waals surface area contributed by atoms with Gasteiger partial charge in [0, 0.05) is 13.0 Å². The Bertz CT molecular complexity index is 354. The van der Waals surface area contributed by atoms with Crippen LogP contribution in [0.2, 0.25) is 0 Å². The molecule has 5 N–H and O–H groups in total. The molecule has 0 saturated carbocycles. The minimum atomic E-state index is -0.255. The van der Waals surface area contributed by atoms with Crippen molar-refractivity contribution in [1.29, 1.82) is 0 Å². The van der Waals surface area contributed by atoms with Crippen LogP contribution in [0, 0.1) is 0 Å². The zero-order valence-electron chi connectivity index (χ0n) is 8.94. The summed E-state index contributed by atoms with van der Waals surface area (Å²) in [5, 5.41) is 9.53. The predicted molar refractivity (Wildman–Crippen MR) is 68.5 cm³/mol. The van der Waals surface area contributed by atoms with Crippen LogP contribution in [0.4, 0.5) is 0 Å². The monoisotopic (exact) mass is 236 g/mol. The zero-order valence-corrected chi connectivity index (χ0v) is 9.76. The van der Waals surface area contributed by atoms with Gasteiger partial charge in [-0.2, -0.15) is 0 Å². The highest BCUT2D eigenvalue weighted by Gasteiger charge is 2.19. The maximum Gasteiger partial charge on any atom is 0.131 e. The van der Waals surface area contributed by atoms with E-state index in [4.69, 9.17) is 18.0 Å². The number of rotatable bonds is 3. The van der Waals surface area contributed by atoms with Gasteiger partial charge in [0.15, 0.2) is 0 Å². The standard InChI is InChI=1S/C11H16N4S/c12-11-14-9(6-10(16)15-11)13-7-8-4-2-1-3-5-8/h1-5,9,11,13-14H,6-7,12H2,(H,15,16). The third-order valence-corrected chi connectivity index (χ3v) is 2.77. The summed E-state index contributed by atoms with van der Waals surface area (Å²) in [5.41, 5.74) is 6.99. The van der Waals surface area contributed by atoms with Gasteiger partial charge in [0.25, 0.3) is 0 Å². The van der Waals surface area contributed by atoms with Crippen molar-refractivity contribution >= 4 is 17.2 Å². The molecule has 2 atom stereocenters. The van der Waals surface area contributed by atoms with E-state index in [9.17, 15) is 0 Å². The van der Waals surface area contributed by atoms with E-state index in [2.05, 4.69) is 28.1 Å². The van der Waals surface area contributed by atoms with Crippen molar-refractivity contribution in [2.24, 2.45) is 5.73 Å². The van der Waals surface area contributed by atoms with Crippen LogP contribution in [0.25, 0.3) is 0 Å². The lowest BCUT2D eigenvalue weighted by atomic mass is 10.2. The van der Waals surface area contributed by atoms with Crippen LogP contribution in [0.15, 0.2) is 30.3 Å². The Morgan fingerprint density at radius 2 is 2.12 bits per heavy atom. The van der Waals surface area contributed by atoms with Crippen LogP contribution >= 0.6 is 12.2 Å². The number of hydrogen-bond donors (Lipinski definition) is 4. The fraction of sp³-hybridized carbons (Fsp3) is 0.364. The van der Waals surface area contributed by atoms with Crippen molar-refractivity contribution in [3.8, 4) is 0 Å². The molecular formula is C11H16N4S. The smallest absolute Gasteiger partial charge is 0.131 e. The van der Waals surface area contributed by atoms with E-state index in [0.29, 0.717) is 0 Å². The van der Waals surface area contributed by atoms with Gasteiger partial charge in [-0.3, -0.25) is 16.4 Å². The minimum absolute atomic E-state index is 0.143. The van der Waals surface area contributed by atoms with Crippen molar-refractivity contribution in [2.45, 2.75) is 25.4 Å². The van der Waals surface area contributed by atoms with Gasteiger partial charge in [-0.25, -0.2) is 0 Å². The fourth-order valence-corrected chi connectivity index (χ4v) is 2.00. The van der Waals surface area contributed by atoms with E-state index < -0.39 is 0 Å². The first-order valence-electron chi connectivity index (χ1n) is 5.32. The van der Waals surface area contributed by atoms with E-state index in [0.717, 1.165) is 18.0 Å². The molecule has 1 aromatic rings. The highest BCUT2D eigenvalue weighted by atomic mass is 32.1. The van der Waals surface area contributed by atoms with Gasteiger partial charge in [0.1, 0.15) is 6.29 Å². The van der Waals surface area contributed by atoms with Gasteiger partial charge in [-0.05, 0) is 5.56 Å². The molecule has 1 aliphatic heterocycles. The molecule has 0 amide bonds. The van der Waals surface area contributed by atoms with E-state index in [-0.39, 0.29) is 12.5 Å². The van der Waals surface area contributed by atoms with Crippen LogP contribution in [-0.4, -0.2) is 17.4 Å². The van der Waals surface area contributed by atoms with Gasteiger partial charge in [0.05, 0.1) is 11.2 Å². The molecule has 1 fully saturated rings. The Labute approximate surface area is 101 Å². The molecule has 1 aromatic carbocycles. The van der Waals surface area contributed by atoms with Crippen LogP contribution in [0.3, 0.4) is 0 Å². The van der Waals surface area contributed by atoms with Crippen molar-refractivity contribution < 1.29 is 0 Å². The van der Waals surface area contributed by atoms with Gasteiger partial charge in [-0.15, -0.1) is 0 Å². The maximum atomic E-state index is 5.73. The SMILES string of the molecule is NC1NC(=S)CC(NCc2ccccc2)N1. The van der Waals surface area contributed by atoms with Gasteiger partial charge >= 0.3 is 0 Å². The topological polar surface area (TPSA) is 62.1 Å². The second-order valence-electron chi connectivity index (χ2n) is 3.84. The largest absolute Gasteiger partial charge is 0.352 e. The molecule has 16 heavy (non-hydrogen) atoms. The summed E-state index contributed by atoms with van der Waals surface area (Å²) in [6.45, 7) is 0.813. The third kappa shape index (κ3) is 3.24. The van der Waals surface area contributed by atoms with E-state index in [1.165, 1.54) is 5.56 Å². The molecule has 2 unspecified atom stereocenters. The minimum Gasteiger partial charge on any atom is -0.352 e. The Kier molecular flexibility index (Phi) is 3.84. The lowest BCUT2D eigenvalue weighted by molar-refractivity contribution is 0.340. The van der Waals surface area contributed by atoms with E-state index >= 15 is 0 Å². The molecule has 4 nitrogen and oxygen atoms in total. The normalized spacial score (nSPS) is 25.2. The lowest BCUT2D eigenvalue weighted by Crippen LogP contribution is -2.63. The quantitative estimate of drug-likeness (QED) is 0.567. The fourth-order valence-electron chi connectivity index (χ4n) is 1.70. The average molecular weight is 236 g/mol. The molecule has 86 valence electrons. The Hall–Kier alpha value is -1.01. The highest BCUT2D eigenvalue weighted by Crippen LogP contribution is 2.01. The summed E-state index contributed by atoms with van der Waals surface area (Å²) in [4.78, 5) is 0.803. The van der Waals surface area contributed by atoms with Crippen molar-refractivity contribution in [3.63, 3.8) is 0 Å². The number of nitrogens with one attached hydrogen (secondary N) is 3. The van der Waals surface area contributed by atoms with Crippen LogP contribution in [0.5, 0.6) is 0 Å². The van der Waals surface area contributed by atoms with E-state index in [1.54, 1.807) is 0 Å². The molecule has 0 spiro atoms. The first-order valence-corrected chi connectivity index (χ1v) is 5.73. The van der Waals surface area contributed by atoms with Crippen LogP contribution in [-0.2, 0) is 6.54 Å². The summed E-state index contributed by atoms with van der Waals surface area (Å²) in [6.07, 6.45) is 0.661. The second kappa shape index (κ2) is 5.36. The van der Waals surface area contributed by atoms with Gasteiger partial charge in [0.2, 0.25) is 0 Å². The molecule has 0 bridgehead atoms. The van der Waals surface area contributed by atoms with E-state index in [1.807, 2.05) is 18.2 Å². The van der Waals surface area contributed by atoms with Crippen molar-refractivity contribution in [1.82, 2.24) is 16.0 Å². The average Bonchev–Trinajstić information content (AvgIpc) is 2.27. The molecule has 1 heterocycles. The first-order chi connectivity index (χ1) is 7.74. The summed E-state index contributed by atoms with van der Waals surface area (Å²) in [6, 6.07) is 10.3. The summed E-state index contributed by atoms with van der Waals surface area (Å²) >= 11 is 5.12. The lowest BCUT2D eigenvalue weighted by Gasteiger charge is -2.31. The number of hydrogen-bond acceptors (Lipinski definition) is 4. The maximum absolute atomic E-state index is 5.73. The van der Waals surface area contributed by atoms with Crippen LogP contribution < -0.4 is 21.7 Å². The van der Waals surface area contributed by atoms with Crippen molar-refractivity contribution in [2.75, 3.05) is 0 Å². The first kappa shape index (κ1) is 11.5. The Morgan fingerprint density at radius 1 is 1.38 bits per heavy atom. The molecular weight excluding hydrogens is 220 g/mol. The number of nitrogens with two attached hydrogens (primary N) is 1. The molecule has 0 aliphatic carbocycles. The van der Waals surface area contributed by atoms with Gasteiger partial charge in [-0.1, -0.05) is 42.5 Å².